The van der Waals surface area contributed by atoms with Gasteiger partial charge in [0.25, 0.3) is 5.56 Å². The summed E-state index contributed by atoms with van der Waals surface area (Å²) in [5.74, 6) is 5.31. The fourth-order valence-electron chi connectivity index (χ4n) is 4.82. The number of pyridine rings is 1. The standard InChI is InChI=1S/C19H23FN4O4/c1-28-16-14(22-6-11(8-25)19(9-22)4-5-19)12(20)7-23-15(16)13(10-2-3-10)17(26)24(21)18(23)27/h7,10-11,25H,2-6,8-9,21H2,1H3. The Labute approximate surface area is 159 Å². The number of nitrogen functional groups attached to an aromatic ring is 1. The van der Waals surface area contributed by atoms with Gasteiger partial charge in [-0.2, -0.15) is 4.68 Å². The first kappa shape index (κ1) is 17.5. The molecule has 8 nitrogen and oxygen atoms in total. The van der Waals surface area contributed by atoms with Gasteiger partial charge in [0.05, 0.1) is 18.9 Å². The molecule has 2 saturated carbocycles. The summed E-state index contributed by atoms with van der Waals surface area (Å²) in [7, 11) is 1.42. The van der Waals surface area contributed by atoms with Crippen LogP contribution in [0.3, 0.4) is 0 Å². The van der Waals surface area contributed by atoms with E-state index in [0.29, 0.717) is 28.8 Å². The van der Waals surface area contributed by atoms with Crippen LogP contribution in [-0.2, 0) is 0 Å². The predicted octanol–water partition coefficient (Wildman–Crippen LogP) is 0.409. The number of aliphatic hydroxyl groups is 1. The summed E-state index contributed by atoms with van der Waals surface area (Å²) in [4.78, 5) is 27.1. The number of fused-ring (bicyclic) bond motifs is 1. The van der Waals surface area contributed by atoms with Gasteiger partial charge < -0.3 is 20.6 Å². The van der Waals surface area contributed by atoms with Crippen molar-refractivity contribution in [3.8, 4) is 5.75 Å². The molecule has 2 aliphatic carbocycles. The number of ether oxygens (including phenoxy) is 1. The Morgan fingerprint density at radius 1 is 1.36 bits per heavy atom. The number of anilines is 1. The van der Waals surface area contributed by atoms with E-state index in [1.807, 2.05) is 4.90 Å². The van der Waals surface area contributed by atoms with E-state index in [9.17, 15) is 14.7 Å². The van der Waals surface area contributed by atoms with Crippen molar-refractivity contribution in [3.63, 3.8) is 0 Å². The third-order valence-electron chi connectivity index (χ3n) is 6.69. The lowest BCUT2D eigenvalue weighted by Gasteiger charge is -2.24. The average molecular weight is 390 g/mol. The molecule has 150 valence electrons. The Morgan fingerprint density at radius 3 is 2.61 bits per heavy atom. The molecule has 0 amide bonds. The van der Waals surface area contributed by atoms with E-state index >= 15 is 4.39 Å². The molecular weight excluding hydrogens is 367 g/mol. The molecule has 1 unspecified atom stereocenters. The largest absolute Gasteiger partial charge is 0.492 e. The van der Waals surface area contributed by atoms with Gasteiger partial charge in [0.2, 0.25) is 0 Å². The topological polar surface area (TPSA) is 102 Å². The molecule has 3 aliphatic rings. The van der Waals surface area contributed by atoms with Crippen LogP contribution in [0, 0.1) is 17.2 Å². The molecule has 3 heterocycles. The average Bonchev–Trinajstić information content (AvgIpc) is 3.59. The number of aliphatic hydroxyl groups excluding tert-OH is 1. The van der Waals surface area contributed by atoms with E-state index < -0.39 is 17.1 Å². The van der Waals surface area contributed by atoms with Gasteiger partial charge in [-0.1, -0.05) is 0 Å². The number of hydrogen-bond acceptors (Lipinski definition) is 6. The van der Waals surface area contributed by atoms with Crippen molar-refractivity contribution in [1.82, 2.24) is 9.08 Å². The fourth-order valence-corrected chi connectivity index (χ4v) is 4.82. The molecule has 1 atom stereocenters. The van der Waals surface area contributed by atoms with Crippen LogP contribution in [0.5, 0.6) is 5.75 Å². The number of nitrogens with zero attached hydrogens (tertiary/aromatic N) is 3. The van der Waals surface area contributed by atoms with E-state index in [2.05, 4.69) is 0 Å². The second-order valence-corrected chi connectivity index (χ2v) is 8.35. The van der Waals surface area contributed by atoms with Crippen LogP contribution >= 0.6 is 0 Å². The van der Waals surface area contributed by atoms with Crippen LogP contribution in [0.25, 0.3) is 5.52 Å². The fraction of sp³-hybridized carbons (Fsp3) is 0.579. The first-order valence-electron chi connectivity index (χ1n) is 9.60. The van der Waals surface area contributed by atoms with Gasteiger partial charge in [0.1, 0.15) is 11.2 Å². The number of rotatable bonds is 4. The molecule has 1 saturated heterocycles. The minimum atomic E-state index is -0.804. The maximum atomic E-state index is 15.2. The quantitative estimate of drug-likeness (QED) is 0.733. The lowest BCUT2D eigenvalue weighted by Crippen LogP contribution is -2.44. The van der Waals surface area contributed by atoms with Crippen molar-refractivity contribution in [2.24, 2.45) is 11.3 Å². The van der Waals surface area contributed by atoms with Crippen molar-refractivity contribution in [3.05, 3.63) is 38.4 Å². The molecule has 28 heavy (non-hydrogen) atoms. The number of aromatic nitrogens is 2. The Bertz CT molecular complexity index is 1100. The highest BCUT2D eigenvalue weighted by atomic mass is 19.1. The number of methoxy groups -OCH3 is 1. The Hall–Kier alpha value is -2.55. The molecule has 1 spiro atoms. The molecule has 2 aromatic rings. The highest BCUT2D eigenvalue weighted by Crippen LogP contribution is 2.58. The van der Waals surface area contributed by atoms with Crippen LogP contribution in [0.4, 0.5) is 10.1 Å². The van der Waals surface area contributed by atoms with E-state index in [-0.39, 0.29) is 35.3 Å². The smallest absolute Gasteiger partial charge is 0.354 e. The summed E-state index contributed by atoms with van der Waals surface area (Å²) in [6.45, 7) is 1.19. The zero-order chi connectivity index (χ0) is 19.8. The van der Waals surface area contributed by atoms with Gasteiger partial charge in [-0.25, -0.2) is 9.18 Å². The lowest BCUT2D eigenvalue weighted by atomic mass is 9.94. The molecule has 0 aromatic carbocycles. The molecule has 1 aliphatic heterocycles. The van der Waals surface area contributed by atoms with E-state index in [4.69, 9.17) is 10.6 Å². The SMILES string of the molecule is COc1c(N2CC(CO)C3(CC3)C2)c(F)cn2c(=O)n(N)c(=O)c(C3CC3)c12. The highest BCUT2D eigenvalue weighted by molar-refractivity contribution is 5.78. The van der Waals surface area contributed by atoms with Gasteiger partial charge >= 0.3 is 5.69 Å². The molecule has 2 aromatic heterocycles. The second kappa shape index (κ2) is 5.73. The Balaban J connectivity index is 1.79. The van der Waals surface area contributed by atoms with Gasteiger partial charge in [-0.3, -0.25) is 9.20 Å². The monoisotopic (exact) mass is 390 g/mol. The number of nitrogens with two attached hydrogens (primary N) is 1. The van der Waals surface area contributed by atoms with Crippen LogP contribution in [0.15, 0.2) is 15.8 Å². The second-order valence-electron chi connectivity index (χ2n) is 8.35. The molecular formula is C19H23FN4O4. The summed E-state index contributed by atoms with van der Waals surface area (Å²) in [5.41, 5.74) is -0.384. The minimum Gasteiger partial charge on any atom is -0.492 e. The first-order chi connectivity index (χ1) is 13.4. The Kier molecular flexibility index (Phi) is 3.59. The molecule has 3 fully saturated rings. The van der Waals surface area contributed by atoms with Crippen molar-refractivity contribution < 1.29 is 14.2 Å². The van der Waals surface area contributed by atoms with E-state index in [1.54, 1.807) is 0 Å². The van der Waals surface area contributed by atoms with Crippen LogP contribution < -0.4 is 26.7 Å². The van der Waals surface area contributed by atoms with E-state index in [1.165, 1.54) is 7.11 Å². The van der Waals surface area contributed by atoms with E-state index in [0.717, 1.165) is 36.3 Å². The van der Waals surface area contributed by atoms with Gasteiger partial charge in [0.15, 0.2) is 11.6 Å². The molecule has 9 heteroatoms. The van der Waals surface area contributed by atoms with Crippen LogP contribution in [0.1, 0.15) is 37.2 Å². The third kappa shape index (κ3) is 2.25. The summed E-state index contributed by atoms with van der Waals surface area (Å²) >= 11 is 0. The molecule has 5 rings (SSSR count). The van der Waals surface area contributed by atoms with Crippen molar-refractivity contribution in [1.29, 1.82) is 0 Å². The molecule has 3 N–H and O–H groups in total. The third-order valence-corrected chi connectivity index (χ3v) is 6.69. The van der Waals surface area contributed by atoms with Crippen molar-refractivity contribution in [2.75, 3.05) is 37.5 Å². The minimum absolute atomic E-state index is 0.0105. The lowest BCUT2D eigenvalue weighted by molar-refractivity contribution is 0.197. The van der Waals surface area contributed by atoms with Gasteiger partial charge in [-0.15, -0.1) is 0 Å². The maximum Gasteiger partial charge on any atom is 0.354 e. The summed E-state index contributed by atoms with van der Waals surface area (Å²) < 4.78 is 22.4. The predicted molar refractivity (Wildman–Crippen MR) is 101 cm³/mol. The summed E-state index contributed by atoms with van der Waals surface area (Å²) in [6, 6.07) is 0. The zero-order valence-electron chi connectivity index (χ0n) is 15.7. The summed E-state index contributed by atoms with van der Waals surface area (Å²) in [5, 5.41) is 9.75. The highest BCUT2D eigenvalue weighted by Gasteiger charge is 2.55. The van der Waals surface area contributed by atoms with Crippen molar-refractivity contribution >= 4 is 11.2 Å². The Morgan fingerprint density at radius 2 is 2.07 bits per heavy atom. The molecule has 0 bridgehead atoms. The van der Waals surface area contributed by atoms with Gasteiger partial charge in [-0.05, 0) is 37.0 Å². The zero-order valence-corrected chi connectivity index (χ0v) is 15.7. The summed E-state index contributed by atoms with van der Waals surface area (Å²) in [6.07, 6.45) is 4.75. The van der Waals surface area contributed by atoms with Crippen molar-refractivity contribution in [2.45, 2.75) is 31.6 Å². The first-order valence-corrected chi connectivity index (χ1v) is 9.60. The number of halogens is 1. The van der Waals surface area contributed by atoms with Gasteiger partial charge in [0, 0.05) is 25.6 Å². The maximum absolute atomic E-state index is 15.2. The van der Waals surface area contributed by atoms with Crippen LogP contribution in [-0.4, -0.2) is 41.0 Å². The molecule has 0 radical (unpaired) electrons. The number of hydrogen-bond donors (Lipinski definition) is 2. The normalized spacial score (nSPS) is 23.0. The van der Waals surface area contributed by atoms with Crippen LogP contribution in [0.2, 0.25) is 0 Å².